The lowest BCUT2D eigenvalue weighted by atomic mass is 9.82. The molecule has 1 aromatic heterocycles. The first-order valence-electron chi connectivity index (χ1n) is 18.6. The van der Waals surface area contributed by atoms with Crippen LogP contribution in [0, 0.1) is 23.2 Å². The molecule has 50 heavy (non-hydrogen) atoms. The minimum absolute atomic E-state index is 0.0946. The molecule has 1 aliphatic heterocycles. The summed E-state index contributed by atoms with van der Waals surface area (Å²) in [6.07, 6.45) is 12.8. The van der Waals surface area contributed by atoms with Crippen molar-refractivity contribution in [1.82, 2.24) is 36.1 Å². The number of Topliss-reactive ketones (excluding diaryl/α,β-unsaturated/α-hetero) is 1. The van der Waals surface area contributed by atoms with Gasteiger partial charge < -0.3 is 26.2 Å². The van der Waals surface area contributed by atoms with Crippen LogP contribution in [-0.2, 0) is 24.0 Å². The number of likely N-dealkylation sites (tertiary alicyclic amines) is 1. The number of aromatic nitrogens is 2. The third-order valence-electron chi connectivity index (χ3n) is 10.8. The number of carbonyl (C=O) groups is 6. The second kappa shape index (κ2) is 17.4. The summed E-state index contributed by atoms with van der Waals surface area (Å²) in [6.45, 7) is 11.5. The molecule has 0 aromatic carbocycles. The molecule has 1 saturated heterocycles. The highest BCUT2D eigenvalue weighted by atomic mass is 16.2. The summed E-state index contributed by atoms with van der Waals surface area (Å²) >= 11 is 0. The number of nitrogens with zero attached hydrogens (tertiary/aromatic N) is 3. The molecule has 13 heteroatoms. The summed E-state index contributed by atoms with van der Waals surface area (Å²) in [5.74, 6) is -3.33. The lowest BCUT2D eigenvalue weighted by Crippen LogP contribution is -2.62. The maximum atomic E-state index is 14.6. The fourth-order valence-electron chi connectivity index (χ4n) is 7.78. The first-order chi connectivity index (χ1) is 23.8. The fourth-order valence-corrected chi connectivity index (χ4v) is 7.78. The number of nitrogens with one attached hydrogen (secondary N) is 4. The van der Waals surface area contributed by atoms with Crippen LogP contribution in [0.3, 0.4) is 0 Å². The highest BCUT2D eigenvalue weighted by Gasteiger charge is 2.52. The first kappa shape index (κ1) is 38.9. The van der Waals surface area contributed by atoms with Gasteiger partial charge in [0.1, 0.15) is 23.8 Å². The zero-order valence-corrected chi connectivity index (χ0v) is 30.6. The lowest BCUT2D eigenvalue weighted by molar-refractivity contribution is -0.146. The van der Waals surface area contributed by atoms with Gasteiger partial charge in [0.2, 0.25) is 23.5 Å². The maximum Gasteiger partial charge on any atom is 0.289 e. The normalized spacial score (nSPS) is 23.2. The van der Waals surface area contributed by atoms with Crippen molar-refractivity contribution in [2.24, 2.45) is 23.2 Å². The number of ketones is 1. The Labute approximate surface area is 296 Å². The van der Waals surface area contributed by atoms with E-state index in [-0.39, 0.29) is 41.8 Å². The van der Waals surface area contributed by atoms with Gasteiger partial charge in [0.15, 0.2) is 0 Å². The Balaban J connectivity index is 1.57. The van der Waals surface area contributed by atoms with Crippen molar-refractivity contribution in [3.63, 3.8) is 0 Å². The zero-order valence-electron chi connectivity index (χ0n) is 30.6. The van der Waals surface area contributed by atoms with Crippen molar-refractivity contribution in [2.45, 2.75) is 142 Å². The Hall–Kier alpha value is -3.90. The molecule has 2 aliphatic carbocycles. The molecule has 0 spiro atoms. The van der Waals surface area contributed by atoms with Gasteiger partial charge in [0.05, 0.1) is 12.2 Å². The van der Waals surface area contributed by atoms with Crippen LogP contribution in [0.5, 0.6) is 0 Å². The molecule has 3 fully saturated rings. The number of carbonyl (C=O) groups excluding carboxylic acids is 6. The molecule has 4 N–H and O–H groups in total. The van der Waals surface area contributed by atoms with Crippen molar-refractivity contribution in [3.05, 3.63) is 24.3 Å². The second-order valence-electron chi connectivity index (χ2n) is 15.5. The van der Waals surface area contributed by atoms with Gasteiger partial charge in [-0.15, -0.1) is 0 Å². The maximum absolute atomic E-state index is 14.6. The molecule has 0 bridgehead atoms. The molecule has 2 saturated carbocycles. The third-order valence-corrected chi connectivity index (χ3v) is 10.8. The van der Waals surface area contributed by atoms with E-state index in [0.717, 1.165) is 51.4 Å². The molecular weight excluding hydrogens is 638 g/mol. The Morgan fingerprint density at radius 1 is 0.900 bits per heavy atom. The van der Waals surface area contributed by atoms with E-state index < -0.39 is 59.0 Å². The van der Waals surface area contributed by atoms with E-state index in [4.69, 9.17) is 0 Å². The van der Waals surface area contributed by atoms with Gasteiger partial charge >= 0.3 is 0 Å². The predicted octanol–water partition coefficient (Wildman–Crippen LogP) is 3.08. The van der Waals surface area contributed by atoms with E-state index in [2.05, 4.69) is 31.2 Å². The molecule has 7 atom stereocenters. The summed E-state index contributed by atoms with van der Waals surface area (Å²) in [7, 11) is 0. The largest absolute Gasteiger partial charge is 0.347 e. The molecule has 13 nitrogen and oxygen atoms in total. The number of hydrogen-bond donors (Lipinski definition) is 4. The van der Waals surface area contributed by atoms with Gasteiger partial charge in [-0.3, -0.25) is 33.8 Å². The van der Waals surface area contributed by atoms with E-state index in [1.807, 2.05) is 41.5 Å². The van der Waals surface area contributed by atoms with Crippen LogP contribution < -0.4 is 21.3 Å². The molecule has 1 aromatic rings. The van der Waals surface area contributed by atoms with Crippen LogP contribution in [0.4, 0.5) is 0 Å². The minimum Gasteiger partial charge on any atom is -0.347 e. The summed E-state index contributed by atoms with van der Waals surface area (Å²) < 4.78 is 0. The summed E-state index contributed by atoms with van der Waals surface area (Å²) in [6, 6.07) is -3.93. The molecule has 5 amide bonds. The van der Waals surface area contributed by atoms with Gasteiger partial charge in [-0.05, 0) is 68.6 Å². The standard InChI is InChI=1S/C37H57N7O6/c1-7-13-26(30(45)35(49)40-22(3)8-2)41-34(48)29-25-17-12-16-24(25)21-44(29)36(50)31(37(4,5)6)43-33(47)28(23-14-10-9-11-15-23)42-32(46)27-20-38-18-19-39-27/h18-20,22-26,28-29,31H,7-17,21H2,1-6H3,(H,40,49)(H,41,48)(H,42,46)(H,43,47)/t22-,24-,25-,26?,28?,29-,31+/m0/s1. The van der Waals surface area contributed by atoms with Crippen LogP contribution in [0.1, 0.15) is 123 Å². The van der Waals surface area contributed by atoms with Crippen LogP contribution in [0.2, 0.25) is 0 Å². The number of fused-ring (bicyclic) bond motifs is 1. The Morgan fingerprint density at radius 3 is 2.24 bits per heavy atom. The number of amides is 5. The van der Waals surface area contributed by atoms with Crippen LogP contribution in [0.25, 0.3) is 0 Å². The van der Waals surface area contributed by atoms with Crippen LogP contribution in [0.15, 0.2) is 18.6 Å². The quantitative estimate of drug-likeness (QED) is 0.215. The molecule has 3 aliphatic rings. The molecule has 0 radical (unpaired) electrons. The molecule has 276 valence electrons. The average Bonchev–Trinajstić information content (AvgIpc) is 3.70. The van der Waals surface area contributed by atoms with Gasteiger partial charge in [-0.2, -0.15) is 0 Å². The fraction of sp³-hybridized carbons (Fsp3) is 0.730. The van der Waals surface area contributed by atoms with E-state index in [1.165, 1.54) is 18.6 Å². The van der Waals surface area contributed by atoms with Crippen molar-refractivity contribution >= 4 is 35.3 Å². The van der Waals surface area contributed by atoms with Crippen molar-refractivity contribution in [1.29, 1.82) is 0 Å². The van der Waals surface area contributed by atoms with Crippen LogP contribution in [-0.4, -0.2) is 86.9 Å². The lowest BCUT2D eigenvalue weighted by Gasteiger charge is -2.38. The van der Waals surface area contributed by atoms with Gasteiger partial charge in [0.25, 0.3) is 11.8 Å². The zero-order chi connectivity index (χ0) is 36.6. The predicted molar refractivity (Wildman–Crippen MR) is 187 cm³/mol. The highest BCUT2D eigenvalue weighted by molar-refractivity contribution is 6.38. The summed E-state index contributed by atoms with van der Waals surface area (Å²) in [5, 5.41) is 11.5. The van der Waals surface area contributed by atoms with E-state index in [1.54, 1.807) is 4.90 Å². The van der Waals surface area contributed by atoms with Gasteiger partial charge in [0, 0.05) is 25.0 Å². The number of hydrogen-bond acceptors (Lipinski definition) is 8. The SMILES string of the molecule is CCCC(NC(=O)[C@@H]1[C@H]2CCC[C@H]2CN1C(=O)[C@@H](NC(=O)C(NC(=O)c1cnccn1)C1CCCCC1)C(C)(C)C)C(=O)C(=O)N[C@@H](C)CC. The first-order valence-corrected chi connectivity index (χ1v) is 18.6. The molecular formula is C37H57N7O6. The Morgan fingerprint density at radius 2 is 1.62 bits per heavy atom. The van der Waals surface area contributed by atoms with Crippen LogP contribution >= 0.6 is 0 Å². The Kier molecular flexibility index (Phi) is 13.5. The second-order valence-corrected chi connectivity index (χ2v) is 15.5. The topological polar surface area (TPSA) is 180 Å². The van der Waals surface area contributed by atoms with Crippen molar-refractivity contribution < 1.29 is 28.8 Å². The summed E-state index contributed by atoms with van der Waals surface area (Å²) in [4.78, 5) is 91.7. The summed E-state index contributed by atoms with van der Waals surface area (Å²) in [5.41, 5.74) is -0.647. The Bertz CT molecular complexity index is 1380. The minimum atomic E-state index is -1.01. The molecule has 4 rings (SSSR count). The van der Waals surface area contributed by atoms with E-state index in [0.29, 0.717) is 19.4 Å². The van der Waals surface area contributed by atoms with Gasteiger partial charge in [-0.1, -0.05) is 66.7 Å². The number of rotatable bonds is 14. The molecule has 2 heterocycles. The highest BCUT2D eigenvalue weighted by Crippen LogP contribution is 2.43. The monoisotopic (exact) mass is 695 g/mol. The molecule has 2 unspecified atom stereocenters. The van der Waals surface area contributed by atoms with Gasteiger partial charge in [-0.25, -0.2) is 4.98 Å². The van der Waals surface area contributed by atoms with E-state index in [9.17, 15) is 28.8 Å². The third kappa shape index (κ3) is 9.45. The smallest absolute Gasteiger partial charge is 0.289 e. The van der Waals surface area contributed by atoms with E-state index >= 15 is 0 Å². The van der Waals surface area contributed by atoms with Crippen molar-refractivity contribution in [2.75, 3.05) is 6.54 Å². The average molecular weight is 696 g/mol. The van der Waals surface area contributed by atoms with Crippen molar-refractivity contribution in [3.8, 4) is 0 Å².